The first kappa shape index (κ1) is 27.2. The third-order valence-corrected chi connectivity index (χ3v) is 8.48. The predicted octanol–water partition coefficient (Wildman–Crippen LogP) is 3.24. The average Bonchev–Trinajstić information content (AvgIpc) is 2.94. The first-order valence-electron chi connectivity index (χ1n) is 11.3. The Hall–Kier alpha value is -2.36. The lowest BCUT2D eigenvalue weighted by Gasteiger charge is -2.36. The summed E-state index contributed by atoms with van der Waals surface area (Å²) >= 11 is 0. The van der Waals surface area contributed by atoms with Crippen molar-refractivity contribution in [2.45, 2.75) is 54.0 Å². The van der Waals surface area contributed by atoms with Crippen molar-refractivity contribution in [2.24, 2.45) is 15.6 Å². The minimum Gasteiger partial charge on any atom is -0.509 e. The van der Waals surface area contributed by atoms with Crippen molar-refractivity contribution >= 4 is 45.7 Å². The van der Waals surface area contributed by atoms with Gasteiger partial charge in [0, 0.05) is 12.2 Å². The molecule has 3 rings (SSSR count). The Morgan fingerprint density at radius 2 is 1.83 bits per heavy atom. The number of fused-ring (bicyclic) bond motifs is 1. The highest BCUT2D eigenvalue weighted by atomic mass is 32.2. The Morgan fingerprint density at radius 3 is 2.34 bits per heavy atom. The minimum absolute atomic E-state index is 0.0368. The van der Waals surface area contributed by atoms with E-state index in [4.69, 9.17) is 0 Å². The van der Waals surface area contributed by atoms with E-state index in [1.165, 1.54) is 18.2 Å². The molecule has 0 aliphatic carbocycles. The first-order valence-corrected chi connectivity index (χ1v) is 15.0. The highest BCUT2D eigenvalue weighted by Gasteiger charge is 2.48. The Kier molecular flexibility index (Phi) is 6.96. The normalized spacial score (nSPS) is 23.2. The van der Waals surface area contributed by atoms with Gasteiger partial charge in [0.25, 0.3) is 5.91 Å². The maximum absolute atomic E-state index is 13.7. The molecule has 1 amide bonds. The van der Waals surface area contributed by atoms with Gasteiger partial charge in [-0.05, 0) is 35.4 Å². The summed E-state index contributed by atoms with van der Waals surface area (Å²) in [5.41, 5.74) is -0.123. The molecule has 1 unspecified atom stereocenters. The fourth-order valence-corrected chi connectivity index (χ4v) is 6.43. The summed E-state index contributed by atoms with van der Waals surface area (Å²) in [7, 11) is -7.41. The summed E-state index contributed by atoms with van der Waals surface area (Å²) in [5, 5.41) is 24.3. The maximum atomic E-state index is 13.7. The molecular weight excluding hydrogens is 491 g/mol. The third-order valence-electron chi connectivity index (χ3n) is 5.85. The van der Waals surface area contributed by atoms with Crippen molar-refractivity contribution < 1.29 is 28.0 Å². The minimum atomic E-state index is -3.83. The van der Waals surface area contributed by atoms with Crippen LogP contribution >= 0.6 is 7.29 Å². The molecule has 0 radical (unpaired) electrons. The van der Waals surface area contributed by atoms with Crippen LogP contribution in [0.15, 0.2) is 34.3 Å². The van der Waals surface area contributed by atoms with Crippen LogP contribution in [0.4, 0.5) is 11.4 Å². The number of rotatable bonds is 6. The Bertz CT molecular complexity index is 1260. The van der Waals surface area contributed by atoms with Gasteiger partial charge in [0.2, 0.25) is 17.3 Å². The number of amides is 1. The van der Waals surface area contributed by atoms with Gasteiger partial charge in [-0.1, -0.05) is 41.5 Å². The fourth-order valence-electron chi connectivity index (χ4n) is 4.23. The van der Waals surface area contributed by atoms with Crippen molar-refractivity contribution in [1.29, 1.82) is 0 Å². The van der Waals surface area contributed by atoms with Gasteiger partial charge in [0.1, 0.15) is 23.5 Å². The molecule has 10 nitrogen and oxygen atoms in total. The smallest absolute Gasteiger partial charge is 0.261 e. The molecule has 0 saturated carbocycles. The molecule has 2 atom stereocenters. The summed E-state index contributed by atoms with van der Waals surface area (Å²) in [6.07, 6.45) is 0.872. The average molecular weight is 527 g/mol. The summed E-state index contributed by atoms with van der Waals surface area (Å²) in [6.45, 7) is 12.4. The van der Waals surface area contributed by atoms with E-state index in [1.54, 1.807) is 4.90 Å². The van der Waals surface area contributed by atoms with Crippen LogP contribution in [0.1, 0.15) is 48.0 Å². The summed E-state index contributed by atoms with van der Waals surface area (Å²) < 4.78 is 43.4. The summed E-state index contributed by atoms with van der Waals surface area (Å²) in [5.74, 6) is -0.666. The summed E-state index contributed by atoms with van der Waals surface area (Å²) in [6, 6.07) is 3.71. The van der Waals surface area contributed by atoms with Gasteiger partial charge in [0.05, 0.1) is 23.3 Å². The highest BCUT2D eigenvalue weighted by molar-refractivity contribution is 7.92. The number of aliphatic hydroxyl groups excluding tert-OH is 2. The van der Waals surface area contributed by atoms with Gasteiger partial charge in [-0.2, -0.15) is 0 Å². The number of carbonyl (C=O) groups excluding carboxylic acids is 1. The zero-order valence-electron chi connectivity index (χ0n) is 21.2. The lowest BCUT2D eigenvalue weighted by Crippen LogP contribution is -2.45. The number of carbonyl (C=O) groups is 1. The number of benzene rings is 1. The van der Waals surface area contributed by atoms with Crippen molar-refractivity contribution in [3.8, 4) is 0 Å². The SMILES string of the molecule is CC(C)(C)CCN1C(=O)C(C2=NP(=O)(CO)c3cc(NS(C)(=O)=O)ccc3N2)=C(O)[C@@H]1C(C)(C)C. The number of anilines is 2. The second-order valence-electron chi connectivity index (χ2n) is 11.4. The zero-order chi connectivity index (χ0) is 26.6. The Balaban J connectivity index is 2.08. The van der Waals surface area contributed by atoms with Gasteiger partial charge >= 0.3 is 0 Å². The molecular formula is C23H35N4O6PS. The molecule has 2 aliphatic rings. The van der Waals surface area contributed by atoms with E-state index in [9.17, 15) is 28.0 Å². The van der Waals surface area contributed by atoms with E-state index in [0.29, 0.717) is 18.7 Å². The third kappa shape index (κ3) is 5.73. The van der Waals surface area contributed by atoms with Gasteiger partial charge in [0.15, 0.2) is 0 Å². The van der Waals surface area contributed by atoms with Crippen LogP contribution in [-0.4, -0.2) is 60.5 Å². The zero-order valence-corrected chi connectivity index (χ0v) is 22.9. The maximum Gasteiger partial charge on any atom is 0.261 e. The van der Waals surface area contributed by atoms with Crippen LogP contribution in [0, 0.1) is 10.8 Å². The fraction of sp³-hybridized carbons (Fsp3) is 0.565. The Morgan fingerprint density at radius 1 is 1.20 bits per heavy atom. The van der Waals surface area contributed by atoms with Gasteiger partial charge < -0.3 is 20.4 Å². The van der Waals surface area contributed by atoms with Crippen LogP contribution in [0.5, 0.6) is 0 Å². The monoisotopic (exact) mass is 526 g/mol. The van der Waals surface area contributed by atoms with E-state index in [-0.39, 0.29) is 33.6 Å². The van der Waals surface area contributed by atoms with E-state index >= 15 is 0 Å². The summed E-state index contributed by atoms with van der Waals surface area (Å²) in [4.78, 5) is 15.2. The molecule has 0 bridgehead atoms. The predicted molar refractivity (Wildman–Crippen MR) is 139 cm³/mol. The molecule has 1 aromatic rings. The van der Waals surface area contributed by atoms with Crippen LogP contribution in [0.3, 0.4) is 0 Å². The van der Waals surface area contributed by atoms with Crippen molar-refractivity contribution in [3.05, 3.63) is 29.5 Å². The molecule has 2 heterocycles. The van der Waals surface area contributed by atoms with Crippen molar-refractivity contribution in [2.75, 3.05) is 29.2 Å². The highest BCUT2D eigenvalue weighted by Crippen LogP contribution is 2.51. The van der Waals surface area contributed by atoms with Crippen LogP contribution < -0.4 is 15.3 Å². The van der Waals surface area contributed by atoms with E-state index in [2.05, 4.69) is 35.6 Å². The lowest BCUT2D eigenvalue weighted by atomic mass is 9.84. The molecule has 0 saturated heterocycles. The number of nitrogens with one attached hydrogen (secondary N) is 2. The molecule has 194 valence electrons. The van der Waals surface area contributed by atoms with Gasteiger partial charge in [-0.25, -0.2) is 13.2 Å². The molecule has 2 aliphatic heterocycles. The lowest BCUT2D eigenvalue weighted by molar-refractivity contribution is -0.128. The molecule has 1 aromatic carbocycles. The second kappa shape index (κ2) is 8.94. The molecule has 35 heavy (non-hydrogen) atoms. The van der Waals surface area contributed by atoms with Crippen LogP contribution in [0.2, 0.25) is 0 Å². The van der Waals surface area contributed by atoms with E-state index < -0.39 is 41.0 Å². The number of amidine groups is 1. The van der Waals surface area contributed by atoms with Crippen molar-refractivity contribution in [3.63, 3.8) is 0 Å². The van der Waals surface area contributed by atoms with E-state index in [1.807, 2.05) is 20.8 Å². The van der Waals surface area contributed by atoms with Gasteiger partial charge in [-0.3, -0.25) is 14.1 Å². The number of hydrogen-bond acceptors (Lipinski definition) is 7. The molecule has 4 N–H and O–H groups in total. The molecule has 0 aromatic heterocycles. The van der Waals surface area contributed by atoms with E-state index in [0.717, 1.165) is 6.26 Å². The largest absolute Gasteiger partial charge is 0.509 e. The first-order chi connectivity index (χ1) is 15.9. The number of hydrogen-bond donors (Lipinski definition) is 4. The second-order valence-corrected chi connectivity index (χ2v) is 15.5. The van der Waals surface area contributed by atoms with Crippen LogP contribution in [0.25, 0.3) is 0 Å². The molecule has 12 heteroatoms. The molecule has 0 spiro atoms. The number of sulfonamides is 1. The van der Waals surface area contributed by atoms with Crippen LogP contribution in [-0.2, 0) is 19.4 Å². The number of nitrogens with zero attached hydrogens (tertiary/aromatic N) is 2. The quantitative estimate of drug-likeness (QED) is 0.416. The van der Waals surface area contributed by atoms with Gasteiger partial charge in [-0.15, -0.1) is 0 Å². The number of aliphatic hydroxyl groups is 2. The molecule has 0 fully saturated rings. The van der Waals surface area contributed by atoms with Crippen molar-refractivity contribution in [1.82, 2.24) is 4.90 Å². The topological polar surface area (TPSA) is 148 Å². The Labute approximate surface area is 207 Å². The standard InChI is InChI=1S/C23H35N4O6PS/c1-22(2,3)10-11-27-19(23(4,5)6)18(29)17(21(27)30)20-24-15-9-8-14(26-35(7,32)33)12-16(15)34(31,13-28)25-20/h8-9,12,19,26,28-29H,10-11,13H2,1-7H3,(H,24,25,31)/t19-,34?/m1/s1.